The summed E-state index contributed by atoms with van der Waals surface area (Å²) in [5.41, 5.74) is 4.68. The van der Waals surface area contributed by atoms with Gasteiger partial charge in [-0.25, -0.2) is 4.57 Å². The van der Waals surface area contributed by atoms with Gasteiger partial charge >= 0.3 is 7.82 Å². The monoisotopic (exact) mass is 600 g/mol. The SMILES string of the molecule is O=P1(O)Oc2c(-c3ccc4ccccc4c3)cc3ccccc3c2-c2c(c(-c3ccc4ccccc4c3)cc3ccccc23)O1. The van der Waals surface area contributed by atoms with Crippen LogP contribution in [0.1, 0.15) is 0 Å². The van der Waals surface area contributed by atoms with Crippen molar-refractivity contribution in [3.05, 3.63) is 146 Å². The maximum Gasteiger partial charge on any atom is 0.584 e. The van der Waals surface area contributed by atoms with Crippen molar-refractivity contribution < 1.29 is 18.5 Å². The van der Waals surface area contributed by atoms with Crippen molar-refractivity contribution >= 4 is 50.9 Å². The van der Waals surface area contributed by atoms with Gasteiger partial charge in [0.2, 0.25) is 0 Å². The summed E-state index contributed by atoms with van der Waals surface area (Å²) in [6.07, 6.45) is 0. The van der Waals surface area contributed by atoms with Crippen LogP contribution < -0.4 is 9.05 Å². The van der Waals surface area contributed by atoms with Crippen molar-refractivity contribution in [3.63, 3.8) is 0 Å². The van der Waals surface area contributed by atoms with Gasteiger partial charge in [-0.05, 0) is 78.5 Å². The Balaban J connectivity index is 1.44. The molecule has 9 rings (SSSR count). The van der Waals surface area contributed by atoms with E-state index in [1.165, 1.54) is 0 Å². The molecule has 0 spiro atoms. The minimum absolute atomic E-state index is 0.328. The van der Waals surface area contributed by atoms with E-state index in [1.54, 1.807) is 0 Å². The van der Waals surface area contributed by atoms with Crippen molar-refractivity contribution in [3.8, 4) is 44.9 Å². The maximum absolute atomic E-state index is 14.0. The van der Waals surface area contributed by atoms with Crippen LogP contribution in [0.4, 0.5) is 0 Å². The van der Waals surface area contributed by atoms with E-state index in [0.29, 0.717) is 11.5 Å². The fraction of sp³-hybridized carbons (Fsp3) is 0. The maximum atomic E-state index is 14.0. The highest BCUT2D eigenvalue weighted by Gasteiger charge is 2.37. The standard InChI is InChI=1S/C40H25O4P/c41-45(42)43-39-35(31-19-17-25-9-1-3-11-27(25)21-31)23-29-13-5-7-15-33(29)37(39)38-34-16-8-6-14-30(34)24-36(40(38)44-45)32-20-18-26-10-2-4-12-28(26)22-32/h1-24H,(H,41,42). The first-order valence-electron chi connectivity index (χ1n) is 14.8. The molecular formula is C40H25O4P. The summed E-state index contributed by atoms with van der Waals surface area (Å²) < 4.78 is 26.2. The van der Waals surface area contributed by atoms with Gasteiger partial charge in [-0.1, -0.05) is 121 Å². The molecule has 1 aliphatic rings. The normalized spacial score (nSPS) is 13.6. The minimum Gasteiger partial charge on any atom is -0.394 e. The molecule has 0 fully saturated rings. The smallest absolute Gasteiger partial charge is 0.394 e. The first kappa shape index (κ1) is 26.0. The van der Waals surface area contributed by atoms with Gasteiger partial charge in [-0.2, -0.15) is 0 Å². The molecule has 0 atom stereocenters. The topological polar surface area (TPSA) is 55.8 Å². The van der Waals surface area contributed by atoms with Gasteiger partial charge in [0.05, 0.1) is 0 Å². The first-order valence-corrected chi connectivity index (χ1v) is 16.3. The Kier molecular flexibility index (Phi) is 5.67. The zero-order valence-corrected chi connectivity index (χ0v) is 24.9. The number of hydrogen-bond donors (Lipinski definition) is 1. The molecule has 0 amide bonds. The zero-order chi connectivity index (χ0) is 30.1. The molecule has 1 heterocycles. The van der Waals surface area contributed by atoms with Gasteiger partial charge in [0.25, 0.3) is 0 Å². The number of benzene rings is 8. The van der Waals surface area contributed by atoms with E-state index in [2.05, 4.69) is 60.7 Å². The summed E-state index contributed by atoms with van der Waals surface area (Å²) in [5.74, 6) is 0.656. The Morgan fingerprint density at radius 2 is 0.800 bits per heavy atom. The van der Waals surface area contributed by atoms with Crippen LogP contribution in [0.25, 0.3) is 76.5 Å². The summed E-state index contributed by atoms with van der Waals surface area (Å²) in [5, 5.41) is 8.15. The van der Waals surface area contributed by atoms with E-state index in [4.69, 9.17) is 9.05 Å². The van der Waals surface area contributed by atoms with E-state index in [-0.39, 0.29) is 0 Å². The molecule has 8 aromatic rings. The Bertz CT molecular complexity index is 2380. The molecular weight excluding hydrogens is 575 g/mol. The van der Waals surface area contributed by atoms with Gasteiger partial charge in [0.15, 0.2) is 0 Å². The third kappa shape index (κ3) is 4.22. The van der Waals surface area contributed by atoms with Crippen LogP contribution in [0.2, 0.25) is 0 Å². The van der Waals surface area contributed by atoms with Crippen molar-refractivity contribution in [2.75, 3.05) is 0 Å². The number of phosphoric acid groups is 1. The van der Waals surface area contributed by atoms with E-state index in [9.17, 15) is 9.46 Å². The van der Waals surface area contributed by atoms with Crippen LogP contribution >= 0.6 is 7.82 Å². The Morgan fingerprint density at radius 3 is 1.24 bits per heavy atom. The molecule has 0 bridgehead atoms. The average Bonchev–Trinajstić information content (AvgIpc) is 3.20. The van der Waals surface area contributed by atoms with Crippen molar-refractivity contribution in [2.45, 2.75) is 0 Å². The van der Waals surface area contributed by atoms with Gasteiger partial charge in [-0.15, -0.1) is 0 Å². The summed E-state index contributed by atoms with van der Waals surface area (Å²) in [6.45, 7) is 0. The highest BCUT2D eigenvalue weighted by molar-refractivity contribution is 7.48. The minimum atomic E-state index is -4.64. The largest absolute Gasteiger partial charge is 0.584 e. The van der Waals surface area contributed by atoms with Crippen molar-refractivity contribution in [2.24, 2.45) is 0 Å². The number of phosphoric ester groups is 1. The van der Waals surface area contributed by atoms with E-state index < -0.39 is 7.82 Å². The Hall–Kier alpha value is -5.41. The highest BCUT2D eigenvalue weighted by Crippen LogP contribution is 2.61. The van der Waals surface area contributed by atoms with Crippen LogP contribution in [0.15, 0.2) is 146 Å². The van der Waals surface area contributed by atoms with Gasteiger partial charge in [-0.3, -0.25) is 4.89 Å². The molecule has 4 nitrogen and oxygen atoms in total. The van der Waals surface area contributed by atoms with E-state index in [0.717, 1.165) is 76.5 Å². The third-order valence-electron chi connectivity index (χ3n) is 8.79. The summed E-state index contributed by atoms with van der Waals surface area (Å²) in [7, 11) is -4.64. The third-order valence-corrected chi connectivity index (χ3v) is 9.61. The molecule has 1 aliphatic heterocycles. The zero-order valence-electron chi connectivity index (χ0n) is 24.0. The molecule has 0 saturated heterocycles. The summed E-state index contributed by atoms with van der Waals surface area (Å²) in [4.78, 5) is 11.4. The summed E-state index contributed by atoms with van der Waals surface area (Å²) >= 11 is 0. The second kappa shape index (κ2) is 9.80. The highest BCUT2D eigenvalue weighted by atomic mass is 31.2. The molecule has 0 aromatic heterocycles. The van der Waals surface area contributed by atoms with Crippen LogP contribution in [-0.4, -0.2) is 4.89 Å². The Labute approximate surface area is 259 Å². The fourth-order valence-electron chi connectivity index (χ4n) is 6.74. The fourth-order valence-corrected chi connectivity index (χ4v) is 7.61. The molecule has 45 heavy (non-hydrogen) atoms. The van der Waals surface area contributed by atoms with Crippen LogP contribution in [-0.2, 0) is 4.57 Å². The predicted octanol–water partition coefficient (Wildman–Crippen LogP) is 11.2. The number of rotatable bonds is 2. The molecule has 0 unspecified atom stereocenters. The second-order valence-electron chi connectivity index (χ2n) is 11.5. The molecule has 8 aromatic carbocycles. The Morgan fingerprint density at radius 1 is 0.422 bits per heavy atom. The van der Waals surface area contributed by atoms with Crippen molar-refractivity contribution in [1.29, 1.82) is 0 Å². The number of hydrogen-bond acceptors (Lipinski definition) is 3. The molecule has 0 radical (unpaired) electrons. The lowest BCUT2D eigenvalue weighted by Gasteiger charge is -2.19. The number of fused-ring (bicyclic) bond motifs is 9. The van der Waals surface area contributed by atoms with Crippen LogP contribution in [0.5, 0.6) is 11.5 Å². The van der Waals surface area contributed by atoms with Crippen LogP contribution in [0, 0.1) is 0 Å². The molecule has 0 saturated carbocycles. The molecule has 5 heteroatoms. The summed E-state index contributed by atoms with van der Waals surface area (Å²) in [6, 6.07) is 49.0. The first-order chi connectivity index (χ1) is 22.0. The molecule has 214 valence electrons. The van der Waals surface area contributed by atoms with E-state index >= 15 is 0 Å². The molecule has 1 N–H and O–H groups in total. The van der Waals surface area contributed by atoms with Crippen LogP contribution in [0.3, 0.4) is 0 Å². The molecule has 0 aliphatic carbocycles. The average molecular weight is 601 g/mol. The quantitative estimate of drug-likeness (QED) is 0.201. The van der Waals surface area contributed by atoms with Gasteiger partial charge in [0.1, 0.15) is 11.5 Å². The second-order valence-corrected chi connectivity index (χ2v) is 12.8. The lowest BCUT2D eigenvalue weighted by molar-refractivity contribution is 0.295. The van der Waals surface area contributed by atoms with Gasteiger partial charge < -0.3 is 9.05 Å². The lowest BCUT2D eigenvalue weighted by Crippen LogP contribution is -2.00. The van der Waals surface area contributed by atoms with Gasteiger partial charge in [0, 0.05) is 22.3 Å². The lowest BCUT2D eigenvalue weighted by atomic mass is 9.86. The van der Waals surface area contributed by atoms with Crippen molar-refractivity contribution in [1.82, 2.24) is 0 Å². The predicted molar refractivity (Wildman–Crippen MR) is 184 cm³/mol. The van der Waals surface area contributed by atoms with E-state index in [1.807, 2.05) is 84.9 Å².